The van der Waals surface area contributed by atoms with Crippen LogP contribution in [0, 0.1) is 5.41 Å². The van der Waals surface area contributed by atoms with Gasteiger partial charge in [-0.05, 0) is 33.1 Å². The molecule has 0 aromatic heterocycles. The molecule has 0 aliphatic carbocycles. The Morgan fingerprint density at radius 2 is 1.61 bits per heavy atom. The molecule has 0 fully saturated rings. The summed E-state index contributed by atoms with van der Waals surface area (Å²) in [6, 6.07) is 0.514. The minimum Gasteiger partial charge on any atom is -0.353 e. The topological polar surface area (TPSA) is 58.4 Å². The first-order chi connectivity index (χ1) is 8.07. The lowest BCUT2D eigenvalue weighted by Crippen LogP contribution is -2.50. The third-order valence-corrected chi connectivity index (χ3v) is 3.21. The fourth-order valence-corrected chi connectivity index (χ4v) is 1.92. The number of carbonyl (C=O) groups excluding carboxylic acids is 1. The van der Waals surface area contributed by atoms with E-state index in [-0.39, 0.29) is 11.3 Å². The van der Waals surface area contributed by atoms with E-state index in [1.807, 2.05) is 20.8 Å². The standard InChI is InChI=1S/C14H31N3O/c1-10(2)17(11(3)4)9-8-16-13(18)12(15)14(5,6)7/h10-12H,8-9,15H2,1-7H3,(H,16,18)/t12-/m1/s1. The van der Waals surface area contributed by atoms with E-state index in [0.29, 0.717) is 18.6 Å². The van der Waals surface area contributed by atoms with Gasteiger partial charge in [0, 0.05) is 25.2 Å². The summed E-state index contributed by atoms with van der Waals surface area (Å²) < 4.78 is 0. The second kappa shape index (κ2) is 7.10. The molecule has 0 aliphatic rings. The van der Waals surface area contributed by atoms with Gasteiger partial charge in [-0.2, -0.15) is 0 Å². The number of rotatable bonds is 6. The third-order valence-electron chi connectivity index (χ3n) is 3.21. The summed E-state index contributed by atoms with van der Waals surface area (Å²) in [7, 11) is 0. The van der Waals surface area contributed by atoms with Gasteiger partial charge in [-0.25, -0.2) is 0 Å². The molecule has 0 heterocycles. The molecule has 0 saturated heterocycles. The van der Waals surface area contributed by atoms with Gasteiger partial charge in [0.25, 0.3) is 0 Å². The molecule has 4 heteroatoms. The molecule has 0 aromatic carbocycles. The molecule has 1 amide bonds. The van der Waals surface area contributed by atoms with E-state index in [9.17, 15) is 4.79 Å². The van der Waals surface area contributed by atoms with E-state index in [1.165, 1.54) is 0 Å². The van der Waals surface area contributed by atoms with Crippen molar-refractivity contribution in [3.05, 3.63) is 0 Å². The Morgan fingerprint density at radius 3 is 1.94 bits per heavy atom. The van der Waals surface area contributed by atoms with Gasteiger partial charge in [-0.3, -0.25) is 9.69 Å². The van der Waals surface area contributed by atoms with E-state index in [2.05, 4.69) is 37.9 Å². The van der Waals surface area contributed by atoms with Gasteiger partial charge in [0.2, 0.25) is 5.91 Å². The van der Waals surface area contributed by atoms with Crippen LogP contribution in [-0.4, -0.2) is 42.0 Å². The van der Waals surface area contributed by atoms with Crippen molar-refractivity contribution in [2.24, 2.45) is 11.1 Å². The number of carbonyl (C=O) groups is 1. The molecular formula is C14H31N3O. The van der Waals surface area contributed by atoms with Gasteiger partial charge in [-0.15, -0.1) is 0 Å². The summed E-state index contributed by atoms with van der Waals surface area (Å²) in [5.41, 5.74) is 5.71. The van der Waals surface area contributed by atoms with E-state index in [4.69, 9.17) is 5.73 Å². The number of nitrogens with two attached hydrogens (primary N) is 1. The molecule has 0 radical (unpaired) electrons. The Labute approximate surface area is 112 Å². The molecule has 0 bridgehead atoms. The molecule has 0 unspecified atom stereocenters. The van der Waals surface area contributed by atoms with Crippen LogP contribution in [0.5, 0.6) is 0 Å². The zero-order valence-corrected chi connectivity index (χ0v) is 13.1. The molecule has 3 N–H and O–H groups in total. The van der Waals surface area contributed by atoms with Gasteiger partial charge in [-0.1, -0.05) is 20.8 Å². The highest BCUT2D eigenvalue weighted by atomic mass is 16.2. The van der Waals surface area contributed by atoms with Gasteiger partial charge in [0.05, 0.1) is 6.04 Å². The van der Waals surface area contributed by atoms with E-state index in [1.54, 1.807) is 0 Å². The average Bonchev–Trinajstić information content (AvgIpc) is 2.20. The first-order valence-corrected chi connectivity index (χ1v) is 6.86. The fourth-order valence-electron chi connectivity index (χ4n) is 1.92. The molecule has 0 aliphatic heterocycles. The van der Waals surface area contributed by atoms with Crippen molar-refractivity contribution in [1.29, 1.82) is 0 Å². The largest absolute Gasteiger partial charge is 0.353 e. The Balaban J connectivity index is 4.15. The second-order valence-electron chi connectivity index (χ2n) is 6.56. The van der Waals surface area contributed by atoms with Crippen molar-refractivity contribution in [2.45, 2.75) is 66.6 Å². The van der Waals surface area contributed by atoms with Gasteiger partial charge >= 0.3 is 0 Å². The molecule has 1 atom stereocenters. The molecule has 0 saturated carbocycles. The average molecular weight is 257 g/mol. The summed E-state index contributed by atoms with van der Waals surface area (Å²) in [6.45, 7) is 16.1. The van der Waals surface area contributed by atoms with Crippen molar-refractivity contribution in [3.63, 3.8) is 0 Å². The van der Waals surface area contributed by atoms with Crippen LogP contribution in [0.4, 0.5) is 0 Å². The summed E-state index contributed by atoms with van der Waals surface area (Å²) >= 11 is 0. The summed E-state index contributed by atoms with van der Waals surface area (Å²) in [5, 5.41) is 2.92. The predicted molar refractivity (Wildman–Crippen MR) is 77.4 cm³/mol. The Hall–Kier alpha value is -0.610. The summed E-state index contributed by atoms with van der Waals surface area (Å²) in [6.07, 6.45) is 0. The number of hydrogen-bond acceptors (Lipinski definition) is 3. The van der Waals surface area contributed by atoms with Crippen molar-refractivity contribution in [1.82, 2.24) is 10.2 Å². The molecular weight excluding hydrogens is 226 g/mol. The van der Waals surface area contributed by atoms with Crippen LogP contribution in [0.25, 0.3) is 0 Å². The van der Waals surface area contributed by atoms with Gasteiger partial charge < -0.3 is 11.1 Å². The molecule has 108 valence electrons. The highest BCUT2D eigenvalue weighted by Crippen LogP contribution is 2.17. The number of nitrogens with one attached hydrogen (secondary N) is 1. The minimum absolute atomic E-state index is 0.0602. The van der Waals surface area contributed by atoms with Crippen molar-refractivity contribution < 1.29 is 4.79 Å². The highest BCUT2D eigenvalue weighted by molar-refractivity contribution is 5.82. The number of amides is 1. The Morgan fingerprint density at radius 1 is 1.17 bits per heavy atom. The van der Waals surface area contributed by atoms with Crippen LogP contribution in [0.2, 0.25) is 0 Å². The van der Waals surface area contributed by atoms with E-state index < -0.39 is 6.04 Å². The third kappa shape index (κ3) is 5.83. The quantitative estimate of drug-likeness (QED) is 0.760. The molecule has 0 spiro atoms. The summed E-state index contributed by atoms with van der Waals surface area (Å²) in [5.74, 6) is -0.0602. The molecule has 0 rings (SSSR count). The lowest BCUT2D eigenvalue weighted by atomic mass is 9.87. The number of nitrogens with zero attached hydrogens (tertiary/aromatic N) is 1. The second-order valence-corrected chi connectivity index (χ2v) is 6.56. The van der Waals surface area contributed by atoms with Crippen LogP contribution >= 0.6 is 0 Å². The van der Waals surface area contributed by atoms with Crippen LogP contribution in [0.15, 0.2) is 0 Å². The van der Waals surface area contributed by atoms with E-state index >= 15 is 0 Å². The monoisotopic (exact) mass is 257 g/mol. The Kier molecular flexibility index (Phi) is 6.86. The van der Waals surface area contributed by atoms with E-state index in [0.717, 1.165) is 6.54 Å². The number of hydrogen-bond donors (Lipinski definition) is 2. The van der Waals surface area contributed by atoms with Crippen molar-refractivity contribution in [2.75, 3.05) is 13.1 Å². The van der Waals surface area contributed by atoms with Crippen LogP contribution in [0.1, 0.15) is 48.5 Å². The first kappa shape index (κ1) is 17.4. The fraction of sp³-hybridized carbons (Fsp3) is 0.929. The van der Waals surface area contributed by atoms with Crippen molar-refractivity contribution >= 4 is 5.91 Å². The lowest BCUT2D eigenvalue weighted by Gasteiger charge is -2.31. The maximum absolute atomic E-state index is 11.9. The van der Waals surface area contributed by atoms with Crippen LogP contribution < -0.4 is 11.1 Å². The smallest absolute Gasteiger partial charge is 0.237 e. The van der Waals surface area contributed by atoms with Gasteiger partial charge in [0.15, 0.2) is 0 Å². The van der Waals surface area contributed by atoms with Crippen molar-refractivity contribution in [3.8, 4) is 0 Å². The first-order valence-electron chi connectivity index (χ1n) is 6.86. The SMILES string of the molecule is CC(C)N(CCNC(=O)[C@@H](N)C(C)(C)C)C(C)C. The highest BCUT2D eigenvalue weighted by Gasteiger charge is 2.27. The predicted octanol–water partition coefficient (Wildman–Crippen LogP) is 1.59. The maximum Gasteiger partial charge on any atom is 0.237 e. The maximum atomic E-state index is 11.9. The van der Waals surface area contributed by atoms with Gasteiger partial charge in [0.1, 0.15) is 0 Å². The zero-order valence-electron chi connectivity index (χ0n) is 13.1. The minimum atomic E-state index is -0.455. The lowest BCUT2D eigenvalue weighted by molar-refractivity contribution is -0.124. The zero-order chi connectivity index (χ0) is 14.5. The molecule has 4 nitrogen and oxygen atoms in total. The molecule has 0 aromatic rings. The molecule has 18 heavy (non-hydrogen) atoms. The van der Waals surface area contributed by atoms with Crippen LogP contribution in [0.3, 0.4) is 0 Å². The summed E-state index contributed by atoms with van der Waals surface area (Å²) in [4.78, 5) is 14.2. The normalized spacial score (nSPS) is 14.4. The van der Waals surface area contributed by atoms with Crippen LogP contribution in [-0.2, 0) is 4.79 Å². The Bertz CT molecular complexity index is 248.